The number of nitrogens with one attached hydrogen (secondary N) is 1. The molecule has 3 rings (SSSR count). The molecule has 6 nitrogen and oxygen atoms in total. The fourth-order valence-corrected chi connectivity index (χ4v) is 2.81. The lowest BCUT2D eigenvalue weighted by molar-refractivity contribution is -0.137. The van der Waals surface area contributed by atoms with Gasteiger partial charge in [0.15, 0.2) is 5.82 Å². The predicted molar refractivity (Wildman–Crippen MR) is 88.5 cm³/mol. The Morgan fingerprint density at radius 2 is 2.00 bits per heavy atom. The highest BCUT2D eigenvalue weighted by Gasteiger charge is 2.31. The van der Waals surface area contributed by atoms with E-state index < -0.39 is 17.7 Å². The van der Waals surface area contributed by atoms with Crippen LogP contribution in [-0.2, 0) is 6.18 Å². The van der Waals surface area contributed by atoms with Gasteiger partial charge in [-0.2, -0.15) is 23.4 Å². The van der Waals surface area contributed by atoms with Crippen molar-refractivity contribution in [1.29, 1.82) is 0 Å². The first-order chi connectivity index (χ1) is 12.1. The highest BCUT2D eigenvalue weighted by molar-refractivity contribution is 6.31. The van der Waals surface area contributed by atoms with Crippen molar-refractivity contribution in [3.05, 3.63) is 68.5 Å². The topological polar surface area (TPSA) is 76.5 Å². The number of nitrogens with zero attached hydrogens (tertiary/aromatic N) is 4. The third kappa shape index (κ3) is 3.62. The molecule has 1 N–H and O–H groups in total. The monoisotopic (exact) mass is 383 g/mol. The third-order valence-corrected chi connectivity index (χ3v) is 4.13. The summed E-state index contributed by atoms with van der Waals surface area (Å²) in [6, 6.07) is 4.43. The Labute approximate surface area is 150 Å². The normalized spacial score (nSPS) is 13.0. The molecule has 0 fully saturated rings. The van der Waals surface area contributed by atoms with Crippen molar-refractivity contribution in [1.82, 2.24) is 25.0 Å². The minimum atomic E-state index is -4.46. The molecule has 0 amide bonds. The van der Waals surface area contributed by atoms with E-state index in [0.29, 0.717) is 17.1 Å². The minimum absolute atomic E-state index is 0.00741. The van der Waals surface area contributed by atoms with E-state index in [-0.39, 0.29) is 16.4 Å². The maximum atomic E-state index is 12.8. The van der Waals surface area contributed by atoms with Crippen LogP contribution in [0.25, 0.3) is 5.82 Å². The van der Waals surface area contributed by atoms with Gasteiger partial charge in [-0.1, -0.05) is 24.6 Å². The van der Waals surface area contributed by atoms with Gasteiger partial charge in [0, 0.05) is 10.9 Å². The molecule has 0 aliphatic rings. The number of aromatic nitrogens is 5. The van der Waals surface area contributed by atoms with E-state index in [0.717, 1.165) is 12.1 Å². The van der Waals surface area contributed by atoms with Gasteiger partial charge in [0.25, 0.3) is 5.56 Å². The van der Waals surface area contributed by atoms with Crippen molar-refractivity contribution in [3.63, 3.8) is 0 Å². The average Bonchev–Trinajstić information content (AvgIpc) is 3.02. The first-order valence-electron chi connectivity index (χ1n) is 7.52. The highest BCUT2D eigenvalue weighted by atomic mass is 35.5. The van der Waals surface area contributed by atoms with Crippen LogP contribution < -0.4 is 5.56 Å². The van der Waals surface area contributed by atoms with Crippen LogP contribution in [0.3, 0.4) is 0 Å². The van der Waals surface area contributed by atoms with E-state index in [1.807, 2.05) is 0 Å². The van der Waals surface area contributed by atoms with Crippen LogP contribution in [0.1, 0.15) is 35.5 Å². The lowest BCUT2D eigenvalue weighted by Crippen LogP contribution is -2.13. The van der Waals surface area contributed by atoms with Crippen LogP contribution in [0.15, 0.2) is 35.3 Å². The zero-order valence-electron chi connectivity index (χ0n) is 13.7. The number of H-pyrrole nitrogens is 1. The Kier molecular flexibility index (Phi) is 4.57. The number of aryl methyl sites for hydroxylation is 1. The van der Waals surface area contributed by atoms with E-state index in [1.54, 1.807) is 13.8 Å². The Bertz CT molecular complexity index is 1010. The van der Waals surface area contributed by atoms with E-state index >= 15 is 0 Å². The third-order valence-electron chi connectivity index (χ3n) is 3.80. The fourth-order valence-electron chi connectivity index (χ4n) is 2.46. The van der Waals surface area contributed by atoms with Gasteiger partial charge >= 0.3 is 6.18 Å². The number of hydrogen-bond acceptors (Lipinski definition) is 4. The highest BCUT2D eigenvalue weighted by Crippen LogP contribution is 2.35. The number of alkyl halides is 3. The van der Waals surface area contributed by atoms with Crippen LogP contribution in [0.4, 0.5) is 13.2 Å². The molecule has 0 unspecified atom stereocenters. The molecule has 26 heavy (non-hydrogen) atoms. The van der Waals surface area contributed by atoms with Gasteiger partial charge in [-0.3, -0.25) is 4.79 Å². The standard InChI is InChI=1S/C16H13ClF3N5O/c1-8(11-4-3-10(5-12(11)17)16(18,19)20)13-7-21-25(24-13)14-6-15(26)23-9(2)22-14/h3-8H,1-2H3,(H,22,23,26)/t8-/m0/s1. The van der Waals surface area contributed by atoms with Gasteiger partial charge in [-0.15, -0.1) is 4.80 Å². The summed E-state index contributed by atoms with van der Waals surface area (Å²) < 4.78 is 38.3. The van der Waals surface area contributed by atoms with Gasteiger partial charge in [-0.05, 0) is 24.6 Å². The van der Waals surface area contributed by atoms with Gasteiger partial charge in [0.1, 0.15) is 5.82 Å². The van der Waals surface area contributed by atoms with Gasteiger partial charge in [0.2, 0.25) is 0 Å². The quantitative estimate of drug-likeness (QED) is 0.751. The summed E-state index contributed by atoms with van der Waals surface area (Å²) in [6.45, 7) is 3.37. The van der Waals surface area contributed by atoms with Crippen molar-refractivity contribution >= 4 is 11.6 Å². The van der Waals surface area contributed by atoms with Crippen molar-refractivity contribution < 1.29 is 13.2 Å². The van der Waals surface area contributed by atoms with E-state index in [1.165, 1.54) is 23.1 Å². The Balaban J connectivity index is 1.93. The second-order valence-corrected chi connectivity index (χ2v) is 6.11. The molecule has 1 atom stereocenters. The van der Waals surface area contributed by atoms with E-state index in [4.69, 9.17) is 11.6 Å². The van der Waals surface area contributed by atoms with Crippen molar-refractivity contribution in [2.24, 2.45) is 0 Å². The Morgan fingerprint density at radius 3 is 2.62 bits per heavy atom. The molecule has 3 aromatic rings. The van der Waals surface area contributed by atoms with E-state index in [9.17, 15) is 18.0 Å². The SMILES string of the molecule is Cc1nc(-n2ncc([C@@H](C)c3ccc(C(F)(F)F)cc3Cl)n2)cc(=O)[nH]1. The zero-order valence-corrected chi connectivity index (χ0v) is 14.4. The van der Waals surface area contributed by atoms with Gasteiger partial charge in [0.05, 0.1) is 23.5 Å². The lowest BCUT2D eigenvalue weighted by Gasteiger charge is -2.13. The summed E-state index contributed by atoms with van der Waals surface area (Å²) in [5.41, 5.74) is -0.191. The summed E-state index contributed by atoms with van der Waals surface area (Å²) in [5, 5.41) is 8.32. The number of rotatable bonds is 3. The van der Waals surface area contributed by atoms with Gasteiger partial charge in [-0.25, -0.2) is 4.98 Å². The molecule has 0 aliphatic carbocycles. The predicted octanol–water partition coefficient (Wildman–Crippen LogP) is 3.48. The first kappa shape index (κ1) is 18.1. The first-order valence-corrected chi connectivity index (χ1v) is 7.90. The molecule has 0 bridgehead atoms. The molecular formula is C16H13ClF3N5O. The molecule has 2 aromatic heterocycles. The summed E-state index contributed by atoms with van der Waals surface area (Å²) >= 11 is 6.03. The van der Waals surface area contributed by atoms with Crippen LogP contribution in [0.2, 0.25) is 5.02 Å². The second kappa shape index (κ2) is 6.56. The largest absolute Gasteiger partial charge is 0.416 e. The van der Waals surface area contributed by atoms with Crippen molar-refractivity contribution in [2.45, 2.75) is 25.9 Å². The molecule has 0 saturated heterocycles. The van der Waals surface area contributed by atoms with Gasteiger partial charge < -0.3 is 4.98 Å². The van der Waals surface area contributed by atoms with E-state index in [2.05, 4.69) is 20.2 Å². The Hall–Kier alpha value is -2.68. The van der Waals surface area contributed by atoms with Crippen LogP contribution in [0.5, 0.6) is 0 Å². The molecule has 0 aliphatic heterocycles. The maximum Gasteiger partial charge on any atom is 0.416 e. The Morgan fingerprint density at radius 1 is 1.27 bits per heavy atom. The molecule has 2 heterocycles. The number of benzene rings is 1. The maximum absolute atomic E-state index is 12.8. The summed E-state index contributed by atoms with van der Waals surface area (Å²) in [6.07, 6.45) is -3.00. The summed E-state index contributed by atoms with van der Waals surface area (Å²) in [7, 11) is 0. The van der Waals surface area contributed by atoms with Crippen LogP contribution in [-0.4, -0.2) is 25.0 Å². The molecule has 136 valence electrons. The summed E-state index contributed by atoms with van der Waals surface area (Å²) in [4.78, 5) is 19.4. The molecule has 10 heteroatoms. The second-order valence-electron chi connectivity index (χ2n) is 5.70. The summed E-state index contributed by atoms with van der Waals surface area (Å²) in [5.74, 6) is 0.245. The van der Waals surface area contributed by atoms with Crippen molar-refractivity contribution in [3.8, 4) is 5.82 Å². The number of hydrogen-bond donors (Lipinski definition) is 1. The van der Waals surface area contributed by atoms with Crippen LogP contribution in [0, 0.1) is 6.92 Å². The average molecular weight is 384 g/mol. The van der Waals surface area contributed by atoms with Crippen molar-refractivity contribution in [2.75, 3.05) is 0 Å². The lowest BCUT2D eigenvalue weighted by atomic mass is 9.97. The molecule has 1 aromatic carbocycles. The molecule has 0 radical (unpaired) electrons. The van der Waals surface area contributed by atoms with Crippen LogP contribution >= 0.6 is 11.6 Å². The number of halogens is 4. The number of aromatic amines is 1. The molecule has 0 spiro atoms. The molecule has 0 saturated carbocycles. The fraction of sp³-hybridized carbons (Fsp3) is 0.250. The zero-order chi connectivity index (χ0) is 19.1. The smallest absolute Gasteiger partial charge is 0.311 e. The molecular weight excluding hydrogens is 371 g/mol. The minimum Gasteiger partial charge on any atom is -0.311 e.